The molecule has 0 heterocycles. The van der Waals surface area contributed by atoms with Gasteiger partial charge in [0, 0.05) is 6.04 Å². The molecule has 104 valence electrons. The molecule has 19 heavy (non-hydrogen) atoms. The number of para-hydroxylation sites is 1. The van der Waals surface area contributed by atoms with Crippen molar-refractivity contribution in [3.63, 3.8) is 0 Å². The van der Waals surface area contributed by atoms with Gasteiger partial charge < -0.3 is 15.4 Å². The Hall–Kier alpha value is -2.11. The van der Waals surface area contributed by atoms with Crippen LogP contribution in [0.25, 0.3) is 0 Å². The van der Waals surface area contributed by atoms with Crippen molar-refractivity contribution in [2.45, 2.75) is 19.9 Å². The fraction of sp³-hybridized carbons (Fsp3) is 0.385. The molecule has 0 bridgehead atoms. The van der Waals surface area contributed by atoms with Crippen LogP contribution in [0.15, 0.2) is 24.3 Å². The van der Waals surface area contributed by atoms with E-state index in [-0.39, 0.29) is 30.9 Å². The van der Waals surface area contributed by atoms with Gasteiger partial charge in [-0.15, -0.1) is 0 Å². The van der Waals surface area contributed by atoms with E-state index in [9.17, 15) is 14.0 Å². The van der Waals surface area contributed by atoms with E-state index in [1.807, 2.05) is 13.8 Å². The van der Waals surface area contributed by atoms with Gasteiger partial charge in [-0.2, -0.15) is 0 Å². The molecule has 0 aliphatic heterocycles. The number of nitrogens with one attached hydrogen (secondary N) is 2. The van der Waals surface area contributed by atoms with Crippen LogP contribution in [0.2, 0.25) is 0 Å². The maximum absolute atomic E-state index is 13.2. The van der Waals surface area contributed by atoms with E-state index in [4.69, 9.17) is 4.74 Å². The summed E-state index contributed by atoms with van der Waals surface area (Å²) < 4.78 is 18.2. The molecule has 0 aromatic heterocycles. The van der Waals surface area contributed by atoms with Crippen molar-refractivity contribution < 1.29 is 18.7 Å². The van der Waals surface area contributed by atoms with E-state index in [1.54, 1.807) is 6.07 Å². The maximum atomic E-state index is 13.2. The minimum Gasteiger partial charge on any atom is -0.481 e. The van der Waals surface area contributed by atoms with E-state index in [0.29, 0.717) is 0 Å². The van der Waals surface area contributed by atoms with Crippen LogP contribution in [0.5, 0.6) is 5.75 Å². The second-order valence-electron chi connectivity index (χ2n) is 4.22. The molecule has 0 unspecified atom stereocenters. The third kappa shape index (κ3) is 5.85. The summed E-state index contributed by atoms with van der Waals surface area (Å²) in [5.74, 6) is -1.30. The van der Waals surface area contributed by atoms with E-state index < -0.39 is 11.7 Å². The second-order valence-corrected chi connectivity index (χ2v) is 4.22. The summed E-state index contributed by atoms with van der Waals surface area (Å²) in [6.07, 6.45) is 0. The van der Waals surface area contributed by atoms with Crippen LogP contribution >= 0.6 is 0 Å². The Kier molecular flexibility index (Phi) is 5.78. The molecule has 0 radical (unpaired) electrons. The minimum atomic E-state index is -0.534. The Labute approximate surface area is 111 Å². The Morgan fingerprint density at radius 1 is 1.26 bits per heavy atom. The van der Waals surface area contributed by atoms with Gasteiger partial charge in [0.1, 0.15) is 0 Å². The van der Waals surface area contributed by atoms with Crippen molar-refractivity contribution in [1.29, 1.82) is 0 Å². The second kappa shape index (κ2) is 7.35. The average molecular weight is 268 g/mol. The van der Waals surface area contributed by atoms with Crippen LogP contribution in [0.4, 0.5) is 4.39 Å². The highest BCUT2D eigenvalue weighted by Gasteiger charge is 2.08. The number of hydrogen-bond acceptors (Lipinski definition) is 3. The van der Waals surface area contributed by atoms with E-state index >= 15 is 0 Å². The molecule has 0 saturated heterocycles. The lowest BCUT2D eigenvalue weighted by Crippen LogP contribution is -2.41. The lowest BCUT2D eigenvalue weighted by atomic mass is 10.3. The SMILES string of the molecule is CC(C)NC(=O)CNC(=O)COc1ccccc1F. The van der Waals surface area contributed by atoms with Gasteiger partial charge in [0.05, 0.1) is 6.54 Å². The zero-order valence-electron chi connectivity index (χ0n) is 10.9. The lowest BCUT2D eigenvalue weighted by molar-refractivity contribution is -0.127. The topological polar surface area (TPSA) is 67.4 Å². The molecule has 0 aliphatic carbocycles. The van der Waals surface area contributed by atoms with Gasteiger partial charge in [-0.05, 0) is 26.0 Å². The highest BCUT2D eigenvalue weighted by atomic mass is 19.1. The van der Waals surface area contributed by atoms with Gasteiger partial charge in [-0.3, -0.25) is 9.59 Å². The van der Waals surface area contributed by atoms with Gasteiger partial charge in [0.15, 0.2) is 18.2 Å². The molecular formula is C13H17FN2O3. The van der Waals surface area contributed by atoms with Crippen LogP contribution < -0.4 is 15.4 Å². The number of halogens is 1. The Balaban J connectivity index is 2.29. The lowest BCUT2D eigenvalue weighted by Gasteiger charge is -2.10. The molecule has 1 aromatic rings. The number of amides is 2. The zero-order chi connectivity index (χ0) is 14.3. The third-order valence-corrected chi connectivity index (χ3v) is 2.09. The maximum Gasteiger partial charge on any atom is 0.258 e. The van der Waals surface area contributed by atoms with E-state index in [2.05, 4.69) is 10.6 Å². The zero-order valence-corrected chi connectivity index (χ0v) is 10.9. The summed E-state index contributed by atoms with van der Waals surface area (Å²) in [6, 6.07) is 5.81. The molecule has 6 heteroatoms. The predicted molar refractivity (Wildman–Crippen MR) is 68.2 cm³/mol. The van der Waals surface area contributed by atoms with Crippen LogP contribution in [-0.4, -0.2) is 31.0 Å². The standard InChI is InChI=1S/C13H17FN2O3/c1-9(2)16-12(17)7-15-13(18)8-19-11-6-4-3-5-10(11)14/h3-6,9H,7-8H2,1-2H3,(H,15,18)(H,16,17). The van der Waals surface area contributed by atoms with Crippen molar-refractivity contribution in [1.82, 2.24) is 10.6 Å². The molecule has 2 amide bonds. The van der Waals surface area contributed by atoms with E-state index in [0.717, 1.165) is 0 Å². The van der Waals surface area contributed by atoms with Gasteiger partial charge in [-0.25, -0.2) is 4.39 Å². The third-order valence-electron chi connectivity index (χ3n) is 2.09. The molecule has 1 rings (SSSR count). The Morgan fingerprint density at radius 3 is 2.58 bits per heavy atom. The number of carbonyl (C=O) groups is 2. The fourth-order valence-electron chi connectivity index (χ4n) is 1.31. The molecule has 5 nitrogen and oxygen atoms in total. The fourth-order valence-corrected chi connectivity index (χ4v) is 1.31. The summed E-state index contributed by atoms with van der Waals surface area (Å²) in [4.78, 5) is 22.6. The van der Waals surface area contributed by atoms with Crippen LogP contribution in [0, 0.1) is 5.82 Å². The summed E-state index contributed by atoms with van der Waals surface area (Å²) in [5, 5.41) is 5.01. The van der Waals surface area contributed by atoms with Crippen molar-refractivity contribution >= 4 is 11.8 Å². The molecule has 0 saturated carbocycles. The average Bonchev–Trinajstić information content (AvgIpc) is 2.34. The van der Waals surface area contributed by atoms with Crippen LogP contribution in [0.3, 0.4) is 0 Å². The Morgan fingerprint density at radius 2 is 1.95 bits per heavy atom. The number of benzene rings is 1. The quantitative estimate of drug-likeness (QED) is 0.803. The van der Waals surface area contributed by atoms with Crippen molar-refractivity contribution in [2.75, 3.05) is 13.2 Å². The van der Waals surface area contributed by atoms with Gasteiger partial charge in [-0.1, -0.05) is 12.1 Å². The first-order valence-electron chi connectivity index (χ1n) is 5.92. The summed E-state index contributed by atoms with van der Waals surface area (Å²) >= 11 is 0. The number of rotatable bonds is 6. The first-order chi connectivity index (χ1) is 8.99. The van der Waals surface area contributed by atoms with E-state index in [1.165, 1.54) is 18.2 Å². The molecule has 0 spiro atoms. The molecule has 2 N–H and O–H groups in total. The molecule has 0 fully saturated rings. The highest BCUT2D eigenvalue weighted by Crippen LogP contribution is 2.14. The van der Waals surface area contributed by atoms with Gasteiger partial charge in [0.25, 0.3) is 5.91 Å². The van der Waals surface area contributed by atoms with Crippen molar-refractivity contribution in [3.8, 4) is 5.75 Å². The highest BCUT2D eigenvalue weighted by molar-refractivity contribution is 5.85. The first kappa shape index (κ1) is 14.9. The molecular weight excluding hydrogens is 251 g/mol. The largest absolute Gasteiger partial charge is 0.481 e. The number of carbonyl (C=O) groups excluding carboxylic acids is 2. The summed E-state index contributed by atoms with van der Waals surface area (Å²) in [7, 11) is 0. The van der Waals surface area contributed by atoms with Gasteiger partial charge in [0.2, 0.25) is 5.91 Å². The summed E-state index contributed by atoms with van der Waals surface area (Å²) in [6.45, 7) is 3.18. The van der Waals surface area contributed by atoms with Crippen LogP contribution in [-0.2, 0) is 9.59 Å². The van der Waals surface area contributed by atoms with Crippen molar-refractivity contribution in [3.05, 3.63) is 30.1 Å². The first-order valence-corrected chi connectivity index (χ1v) is 5.92. The van der Waals surface area contributed by atoms with Crippen LogP contribution in [0.1, 0.15) is 13.8 Å². The van der Waals surface area contributed by atoms with Crippen molar-refractivity contribution in [2.24, 2.45) is 0 Å². The molecule has 0 atom stereocenters. The molecule has 1 aromatic carbocycles. The monoisotopic (exact) mass is 268 g/mol. The smallest absolute Gasteiger partial charge is 0.258 e. The number of hydrogen-bond donors (Lipinski definition) is 2. The van der Waals surface area contributed by atoms with Gasteiger partial charge >= 0.3 is 0 Å². The summed E-state index contributed by atoms with van der Waals surface area (Å²) in [5.41, 5.74) is 0. The predicted octanol–water partition coefficient (Wildman–Crippen LogP) is 0.845. The molecule has 0 aliphatic rings. The normalized spacial score (nSPS) is 10.1. The minimum absolute atomic E-state index is 0.00396. The Bertz CT molecular complexity index is 449. The number of ether oxygens (including phenoxy) is 1.